The van der Waals surface area contributed by atoms with E-state index in [2.05, 4.69) is 10.3 Å². The smallest absolute Gasteiger partial charge is 0.224 e. The summed E-state index contributed by atoms with van der Waals surface area (Å²) >= 11 is 5.87. The molecule has 28 heavy (non-hydrogen) atoms. The second-order valence-corrected chi connectivity index (χ2v) is 6.72. The highest BCUT2D eigenvalue weighted by molar-refractivity contribution is 6.30. The van der Waals surface area contributed by atoms with Crippen molar-refractivity contribution in [3.63, 3.8) is 0 Å². The van der Waals surface area contributed by atoms with Gasteiger partial charge in [-0.05, 0) is 48.7 Å². The Kier molecular flexibility index (Phi) is 6.98. The van der Waals surface area contributed by atoms with Crippen molar-refractivity contribution < 1.29 is 13.9 Å². The lowest BCUT2D eigenvalue weighted by Gasteiger charge is -2.11. The number of pyridine rings is 1. The van der Waals surface area contributed by atoms with Gasteiger partial charge in [0, 0.05) is 35.8 Å². The molecule has 3 rings (SSSR count). The number of aromatic nitrogens is 1. The molecule has 0 spiro atoms. The van der Waals surface area contributed by atoms with Crippen molar-refractivity contribution in [2.24, 2.45) is 0 Å². The van der Waals surface area contributed by atoms with E-state index in [1.807, 2.05) is 30.3 Å². The molecule has 0 aliphatic carbocycles. The monoisotopic (exact) mass is 398 g/mol. The molecule has 0 saturated heterocycles. The first-order chi connectivity index (χ1) is 13.6. The molecule has 0 radical (unpaired) electrons. The van der Waals surface area contributed by atoms with Gasteiger partial charge >= 0.3 is 0 Å². The van der Waals surface area contributed by atoms with Crippen molar-refractivity contribution in [2.75, 3.05) is 0 Å². The van der Waals surface area contributed by atoms with Crippen LogP contribution in [0.25, 0.3) is 0 Å². The molecule has 2 aromatic carbocycles. The van der Waals surface area contributed by atoms with Crippen LogP contribution in [0.3, 0.4) is 0 Å². The van der Waals surface area contributed by atoms with Crippen molar-refractivity contribution in [1.82, 2.24) is 10.3 Å². The lowest BCUT2D eigenvalue weighted by molar-refractivity contribution is -0.121. The molecule has 0 atom stereocenters. The maximum absolute atomic E-state index is 13.3. The summed E-state index contributed by atoms with van der Waals surface area (Å²) in [7, 11) is 0. The van der Waals surface area contributed by atoms with E-state index in [4.69, 9.17) is 16.3 Å². The largest absolute Gasteiger partial charge is 0.439 e. The number of carbonyl (C=O) groups excluding carboxylic acids is 1. The molecule has 1 heterocycles. The quantitative estimate of drug-likeness (QED) is 0.559. The van der Waals surface area contributed by atoms with Crippen LogP contribution in [-0.4, -0.2) is 10.9 Å². The van der Waals surface area contributed by atoms with Crippen molar-refractivity contribution in [1.29, 1.82) is 0 Å². The molecule has 0 saturated carbocycles. The maximum Gasteiger partial charge on any atom is 0.224 e. The van der Waals surface area contributed by atoms with Crippen LogP contribution in [0.4, 0.5) is 4.39 Å². The molecule has 3 aromatic rings. The molecule has 0 fully saturated rings. The van der Waals surface area contributed by atoms with Crippen LogP contribution >= 0.6 is 11.6 Å². The van der Waals surface area contributed by atoms with Gasteiger partial charge in [0.1, 0.15) is 11.6 Å². The fraction of sp³-hybridized carbons (Fsp3) is 0.182. The number of amides is 1. The van der Waals surface area contributed by atoms with Gasteiger partial charge in [0.25, 0.3) is 0 Å². The van der Waals surface area contributed by atoms with Crippen LogP contribution in [0.2, 0.25) is 5.02 Å². The molecule has 1 aromatic heterocycles. The Hall–Kier alpha value is -2.92. The molecule has 1 N–H and O–H groups in total. The van der Waals surface area contributed by atoms with Crippen molar-refractivity contribution in [3.05, 3.63) is 88.8 Å². The lowest BCUT2D eigenvalue weighted by Crippen LogP contribution is -2.22. The average Bonchev–Trinajstić information content (AvgIpc) is 2.69. The number of halogens is 2. The molecule has 1 amide bonds. The van der Waals surface area contributed by atoms with Gasteiger partial charge in [-0.3, -0.25) is 4.79 Å². The Balaban J connectivity index is 1.50. The molecule has 6 heteroatoms. The molecule has 0 aliphatic rings. The number of aryl methyl sites for hydroxylation is 1. The molecule has 4 nitrogen and oxygen atoms in total. The van der Waals surface area contributed by atoms with E-state index in [0.717, 1.165) is 24.0 Å². The third kappa shape index (κ3) is 6.06. The number of benzene rings is 2. The highest BCUT2D eigenvalue weighted by Gasteiger charge is 2.09. The van der Waals surface area contributed by atoms with Gasteiger partial charge in [0.15, 0.2) is 0 Å². The third-order valence-corrected chi connectivity index (χ3v) is 4.37. The highest BCUT2D eigenvalue weighted by atomic mass is 35.5. The lowest BCUT2D eigenvalue weighted by atomic mass is 10.1. The number of rotatable bonds is 8. The summed E-state index contributed by atoms with van der Waals surface area (Å²) in [5.74, 6) is 0.266. The van der Waals surface area contributed by atoms with Gasteiger partial charge in [-0.1, -0.05) is 35.9 Å². The topological polar surface area (TPSA) is 51.2 Å². The van der Waals surface area contributed by atoms with Gasteiger partial charge < -0.3 is 10.1 Å². The van der Waals surface area contributed by atoms with Crippen LogP contribution in [-0.2, 0) is 17.8 Å². The first-order valence-electron chi connectivity index (χ1n) is 8.98. The van der Waals surface area contributed by atoms with E-state index < -0.39 is 0 Å². The van der Waals surface area contributed by atoms with E-state index in [-0.39, 0.29) is 18.3 Å². The Morgan fingerprint density at radius 1 is 1.11 bits per heavy atom. The van der Waals surface area contributed by atoms with Crippen LogP contribution in [0, 0.1) is 5.82 Å². The maximum atomic E-state index is 13.3. The zero-order chi connectivity index (χ0) is 19.8. The zero-order valence-electron chi connectivity index (χ0n) is 15.2. The number of nitrogens with zero attached hydrogens (tertiary/aromatic N) is 1. The standard InChI is InChI=1S/C22H20ClFN2O2/c23-18-11-9-16(10-12-18)4-1-8-21(27)26-15-17-5-3-13-25-22(17)28-20-7-2-6-19(24)14-20/h2-3,5-7,9-14H,1,4,8,15H2,(H,26,27). The Morgan fingerprint density at radius 2 is 1.93 bits per heavy atom. The molecule has 144 valence electrons. The first kappa shape index (κ1) is 19.8. The van der Waals surface area contributed by atoms with E-state index in [9.17, 15) is 9.18 Å². The van der Waals surface area contributed by atoms with Crippen LogP contribution in [0.1, 0.15) is 24.0 Å². The second-order valence-electron chi connectivity index (χ2n) is 6.28. The minimum Gasteiger partial charge on any atom is -0.439 e. The summed E-state index contributed by atoms with van der Waals surface area (Å²) < 4.78 is 19.0. The summed E-state index contributed by atoms with van der Waals surface area (Å²) in [5, 5.41) is 3.58. The second kappa shape index (κ2) is 9.85. The summed E-state index contributed by atoms with van der Waals surface area (Å²) in [5.41, 5.74) is 1.87. The van der Waals surface area contributed by atoms with Crippen LogP contribution < -0.4 is 10.1 Å². The van der Waals surface area contributed by atoms with Gasteiger partial charge in [0.2, 0.25) is 11.8 Å². The predicted molar refractivity (Wildman–Crippen MR) is 107 cm³/mol. The van der Waals surface area contributed by atoms with Crippen LogP contribution in [0.5, 0.6) is 11.6 Å². The summed E-state index contributed by atoms with van der Waals surface area (Å²) in [4.78, 5) is 16.3. The first-order valence-corrected chi connectivity index (χ1v) is 9.36. The van der Waals surface area contributed by atoms with Gasteiger partial charge in [0.05, 0.1) is 0 Å². The molecular weight excluding hydrogens is 379 g/mol. The van der Waals surface area contributed by atoms with Crippen LogP contribution in [0.15, 0.2) is 66.9 Å². The minimum absolute atomic E-state index is 0.0467. The summed E-state index contributed by atoms with van der Waals surface area (Å²) in [6.07, 6.45) is 3.56. The Morgan fingerprint density at radius 3 is 2.71 bits per heavy atom. The number of carbonyl (C=O) groups is 1. The molecule has 0 unspecified atom stereocenters. The van der Waals surface area contributed by atoms with E-state index in [1.165, 1.54) is 12.1 Å². The average molecular weight is 399 g/mol. The molecule has 0 aliphatic heterocycles. The molecule has 0 bridgehead atoms. The zero-order valence-corrected chi connectivity index (χ0v) is 16.0. The number of ether oxygens (including phenoxy) is 1. The molecular formula is C22H20ClFN2O2. The number of hydrogen-bond donors (Lipinski definition) is 1. The predicted octanol–water partition coefficient (Wildman–Crippen LogP) is 5.31. The normalized spacial score (nSPS) is 10.5. The van der Waals surface area contributed by atoms with E-state index in [1.54, 1.807) is 24.4 Å². The SMILES string of the molecule is O=C(CCCc1ccc(Cl)cc1)NCc1cccnc1Oc1cccc(F)c1. The minimum atomic E-state index is -0.385. The fourth-order valence-corrected chi connectivity index (χ4v) is 2.81. The van der Waals surface area contributed by atoms with Crippen molar-refractivity contribution in [2.45, 2.75) is 25.8 Å². The van der Waals surface area contributed by atoms with E-state index >= 15 is 0 Å². The fourth-order valence-electron chi connectivity index (χ4n) is 2.68. The van der Waals surface area contributed by atoms with Gasteiger partial charge in [-0.2, -0.15) is 0 Å². The van der Waals surface area contributed by atoms with E-state index in [0.29, 0.717) is 23.1 Å². The number of hydrogen-bond acceptors (Lipinski definition) is 3. The summed E-state index contributed by atoms with van der Waals surface area (Å²) in [6, 6.07) is 17.0. The summed E-state index contributed by atoms with van der Waals surface area (Å²) in [6.45, 7) is 0.290. The highest BCUT2D eigenvalue weighted by Crippen LogP contribution is 2.23. The Labute approximate surface area is 168 Å². The Bertz CT molecular complexity index is 932. The van der Waals surface area contributed by atoms with Crippen molar-refractivity contribution >= 4 is 17.5 Å². The van der Waals surface area contributed by atoms with Gasteiger partial charge in [-0.15, -0.1) is 0 Å². The third-order valence-electron chi connectivity index (χ3n) is 4.12. The van der Waals surface area contributed by atoms with Gasteiger partial charge in [-0.25, -0.2) is 9.37 Å². The van der Waals surface area contributed by atoms with Crippen molar-refractivity contribution in [3.8, 4) is 11.6 Å². The number of nitrogens with one attached hydrogen (secondary N) is 1.